The van der Waals surface area contributed by atoms with E-state index in [1.807, 2.05) is 54.6 Å². The minimum atomic E-state index is -1.14. The SMILES string of the molecule is Cc1cc(Cl)cc(C(=O)O)c1NC(=O)Cc1ccc(-c2ccccc2)cc1. The van der Waals surface area contributed by atoms with E-state index < -0.39 is 5.97 Å². The van der Waals surface area contributed by atoms with Gasteiger partial charge in [-0.1, -0.05) is 66.2 Å². The highest BCUT2D eigenvalue weighted by Gasteiger charge is 2.16. The second-order valence-electron chi connectivity index (χ2n) is 6.24. The molecule has 0 saturated heterocycles. The molecule has 0 saturated carbocycles. The smallest absolute Gasteiger partial charge is 0.337 e. The van der Waals surface area contributed by atoms with Crippen LogP contribution in [0.2, 0.25) is 5.02 Å². The maximum atomic E-state index is 12.4. The van der Waals surface area contributed by atoms with Crippen LogP contribution in [0.3, 0.4) is 0 Å². The van der Waals surface area contributed by atoms with E-state index in [1.54, 1.807) is 13.0 Å². The van der Waals surface area contributed by atoms with Gasteiger partial charge >= 0.3 is 5.97 Å². The quantitative estimate of drug-likeness (QED) is 0.640. The van der Waals surface area contributed by atoms with Gasteiger partial charge in [0.2, 0.25) is 5.91 Å². The number of halogens is 1. The summed E-state index contributed by atoms with van der Waals surface area (Å²) in [5, 5.41) is 12.4. The monoisotopic (exact) mass is 379 g/mol. The van der Waals surface area contributed by atoms with Crippen molar-refractivity contribution in [2.45, 2.75) is 13.3 Å². The third-order valence-electron chi connectivity index (χ3n) is 4.22. The van der Waals surface area contributed by atoms with Gasteiger partial charge in [-0.3, -0.25) is 4.79 Å². The zero-order valence-corrected chi connectivity index (χ0v) is 15.5. The Morgan fingerprint density at radius 2 is 1.59 bits per heavy atom. The van der Waals surface area contributed by atoms with Crippen LogP contribution in [0.4, 0.5) is 5.69 Å². The van der Waals surface area contributed by atoms with Crippen LogP contribution >= 0.6 is 11.6 Å². The summed E-state index contributed by atoms with van der Waals surface area (Å²) in [5.41, 5.74) is 3.88. The molecule has 136 valence electrons. The second kappa shape index (κ2) is 8.06. The Morgan fingerprint density at radius 3 is 2.22 bits per heavy atom. The molecule has 27 heavy (non-hydrogen) atoms. The standard InChI is InChI=1S/C22H18ClNO3/c1-14-11-18(23)13-19(22(26)27)21(14)24-20(25)12-15-7-9-17(10-8-15)16-5-3-2-4-6-16/h2-11,13H,12H2,1H3,(H,24,25)(H,26,27). The molecule has 0 fully saturated rings. The summed E-state index contributed by atoms with van der Waals surface area (Å²) in [6.07, 6.45) is 0.149. The van der Waals surface area contributed by atoms with Gasteiger partial charge in [0.05, 0.1) is 17.7 Å². The number of nitrogens with one attached hydrogen (secondary N) is 1. The average molecular weight is 380 g/mol. The molecule has 0 unspecified atom stereocenters. The number of hydrogen-bond donors (Lipinski definition) is 2. The van der Waals surface area contributed by atoms with Gasteiger partial charge in [-0.15, -0.1) is 0 Å². The van der Waals surface area contributed by atoms with Gasteiger partial charge in [-0.05, 0) is 41.3 Å². The number of carbonyl (C=O) groups excluding carboxylic acids is 1. The summed E-state index contributed by atoms with van der Waals surface area (Å²) in [4.78, 5) is 23.8. The molecule has 0 radical (unpaired) electrons. The fourth-order valence-corrected chi connectivity index (χ4v) is 3.17. The molecule has 0 aliphatic heterocycles. The molecule has 0 aliphatic carbocycles. The molecular formula is C22H18ClNO3. The van der Waals surface area contributed by atoms with Crippen molar-refractivity contribution in [2.75, 3.05) is 5.32 Å². The molecule has 3 aromatic carbocycles. The first-order valence-corrected chi connectivity index (χ1v) is 8.79. The van der Waals surface area contributed by atoms with E-state index in [-0.39, 0.29) is 23.6 Å². The molecule has 0 aliphatic rings. The molecule has 3 aromatic rings. The predicted octanol–water partition coefficient (Wildman–Crippen LogP) is 5.19. The van der Waals surface area contributed by atoms with Crippen molar-refractivity contribution in [3.63, 3.8) is 0 Å². The number of carbonyl (C=O) groups is 2. The Kier molecular flexibility index (Phi) is 5.57. The van der Waals surface area contributed by atoms with Crippen LogP contribution in [0, 0.1) is 6.92 Å². The van der Waals surface area contributed by atoms with E-state index in [4.69, 9.17) is 11.6 Å². The van der Waals surface area contributed by atoms with Crippen LogP contribution in [0.5, 0.6) is 0 Å². The highest BCUT2D eigenvalue weighted by molar-refractivity contribution is 6.31. The summed E-state index contributed by atoms with van der Waals surface area (Å²) in [6, 6.07) is 20.7. The first-order chi connectivity index (χ1) is 12.9. The number of amides is 1. The molecule has 3 rings (SSSR count). The molecule has 0 bridgehead atoms. The molecule has 0 aromatic heterocycles. The van der Waals surface area contributed by atoms with Gasteiger partial charge in [0, 0.05) is 5.02 Å². The van der Waals surface area contributed by atoms with Gasteiger partial charge in [-0.25, -0.2) is 4.79 Å². The Labute approximate surface area is 162 Å². The molecule has 1 amide bonds. The van der Waals surface area contributed by atoms with E-state index >= 15 is 0 Å². The van der Waals surface area contributed by atoms with Crippen molar-refractivity contribution in [2.24, 2.45) is 0 Å². The summed E-state index contributed by atoms with van der Waals surface area (Å²) < 4.78 is 0. The lowest BCUT2D eigenvalue weighted by atomic mass is 10.0. The van der Waals surface area contributed by atoms with Crippen LogP contribution in [0.1, 0.15) is 21.5 Å². The molecular weight excluding hydrogens is 362 g/mol. The lowest BCUT2D eigenvalue weighted by molar-refractivity contribution is -0.115. The van der Waals surface area contributed by atoms with Crippen LogP contribution in [0.25, 0.3) is 11.1 Å². The number of carboxylic acids is 1. The number of anilines is 1. The number of aryl methyl sites for hydroxylation is 1. The summed E-state index contributed by atoms with van der Waals surface area (Å²) in [7, 11) is 0. The lowest BCUT2D eigenvalue weighted by Crippen LogP contribution is -2.17. The van der Waals surface area contributed by atoms with Crippen LogP contribution in [-0.4, -0.2) is 17.0 Å². The maximum Gasteiger partial charge on any atom is 0.337 e. The summed E-state index contributed by atoms with van der Waals surface area (Å²) >= 11 is 5.92. The Morgan fingerprint density at radius 1 is 0.963 bits per heavy atom. The third-order valence-corrected chi connectivity index (χ3v) is 4.44. The van der Waals surface area contributed by atoms with Crippen molar-refractivity contribution >= 4 is 29.2 Å². The number of aromatic carboxylic acids is 1. The lowest BCUT2D eigenvalue weighted by Gasteiger charge is -2.12. The third kappa shape index (κ3) is 4.54. The topological polar surface area (TPSA) is 66.4 Å². The summed E-state index contributed by atoms with van der Waals surface area (Å²) in [6.45, 7) is 1.71. The van der Waals surface area contributed by atoms with Gasteiger partial charge in [0.25, 0.3) is 0 Å². The van der Waals surface area contributed by atoms with Crippen LogP contribution in [-0.2, 0) is 11.2 Å². The number of carboxylic acid groups (broad SMARTS) is 1. The van der Waals surface area contributed by atoms with Crippen LogP contribution in [0.15, 0.2) is 66.7 Å². The zero-order chi connectivity index (χ0) is 19.4. The maximum absolute atomic E-state index is 12.4. The van der Waals surface area contributed by atoms with Crippen molar-refractivity contribution in [1.82, 2.24) is 0 Å². The first kappa shape index (κ1) is 18.7. The van der Waals surface area contributed by atoms with Gasteiger partial charge in [0.1, 0.15) is 0 Å². The molecule has 0 spiro atoms. The molecule has 2 N–H and O–H groups in total. The first-order valence-electron chi connectivity index (χ1n) is 8.41. The van der Waals surface area contributed by atoms with E-state index in [0.29, 0.717) is 10.6 Å². The average Bonchev–Trinajstić information content (AvgIpc) is 2.65. The molecule has 4 nitrogen and oxygen atoms in total. The number of rotatable bonds is 5. The van der Waals surface area contributed by atoms with Crippen molar-refractivity contribution < 1.29 is 14.7 Å². The van der Waals surface area contributed by atoms with Crippen molar-refractivity contribution in [3.8, 4) is 11.1 Å². The van der Waals surface area contributed by atoms with Gasteiger partial charge < -0.3 is 10.4 Å². The molecule has 0 atom stereocenters. The highest BCUT2D eigenvalue weighted by atomic mass is 35.5. The summed E-state index contributed by atoms with van der Waals surface area (Å²) in [5.74, 6) is -1.42. The van der Waals surface area contributed by atoms with E-state index in [0.717, 1.165) is 16.7 Å². The fourth-order valence-electron chi connectivity index (χ4n) is 2.89. The van der Waals surface area contributed by atoms with Crippen molar-refractivity contribution in [1.29, 1.82) is 0 Å². The molecule has 0 heterocycles. The zero-order valence-electron chi connectivity index (χ0n) is 14.7. The van der Waals surface area contributed by atoms with E-state index in [2.05, 4.69) is 5.32 Å². The van der Waals surface area contributed by atoms with Gasteiger partial charge in [0.15, 0.2) is 0 Å². The Hall–Kier alpha value is -3.11. The molecule has 5 heteroatoms. The van der Waals surface area contributed by atoms with E-state index in [1.165, 1.54) is 6.07 Å². The predicted molar refractivity (Wildman–Crippen MR) is 107 cm³/mol. The normalized spacial score (nSPS) is 10.4. The fraction of sp³-hybridized carbons (Fsp3) is 0.0909. The Bertz CT molecular complexity index is 982. The second-order valence-corrected chi connectivity index (χ2v) is 6.67. The minimum Gasteiger partial charge on any atom is -0.478 e. The highest BCUT2D eigenvalue weighted by Crippen LogP contribution is 2.26. The van der Waals surface area contributed by atoms with Crippen molar-refractivity contribution in [3.05, 3.63) is 88.4 Å². The number of hydrogen-bond acceptors (Lipinski definition) is 2. The minimum absolute atomic E-state index is 0.0206. The number of benzene rings is 3. The van der Waals surface area contributed by atoms with E-state index in [9.17, 15) is 14.7 Å². The Balaban J connectivity index is 1.74. The van der Waals surface area contributed by atoms with Gasteiger partial charge in [-0.2, -0.15) is 0 Å². The largest absolute Gasteiger partial charge is 0.478 e. The van der Waals surface area contributed by atoms with Crippen LogP contribution < -0.4 is 5.32 Å².